The highest BCUT2D eigenvalue weighted by atomic mass is 16.5. The fourth-order valence-electron chi connectivity index (χ4n) is 1.13. The van der Waals surface area contributed by atoms with E-state index < -0.39 is 5.97 Å². The van der Waals surface area contributed by atoms with Crippen LogP contribution < -0.4 is 0 Å². The number of aromatic amines is 1. The topological polar surface area (TPSA) is 68.4 Å². The average Bonchev–Trinajstić information content (AvgIpc) is 2.80. The molecule has 0 radical (unpaired) electrons. The van der Waals surface area contributed by atoms with Crippen molar-refractivity contribution in [2.45, 2.75) is 26.6 Å². The summed E-state index contributed by atoms with van der Waals surface area (Å²) in [6.07, 6.45) is 1.46. The Morgan fingerprint density at radius 3 is 2.41 bits per heavy atom. The van der Waals surface area contributed by atoms with Crippen LogP contribution >= 0.6 is 0 Å². The Kier molecular flexibility index (Phi) is 5.00. The van der Waals surface area contributed by atoms with Crippen molar-refractivity contribution in [3.63, 3.8) is 0 Å². The molecule has 0 bridgehead atoms. The zero-order valence-corrected chi connectivity index (χ0v) is 9.69. The van der Waals surface area contributed by atoms with E-state index in [1.165, 1.54) is 0 Å². The van der Waals surface area contributed by atoms with Crippen LogP contribution in [0.15, 0.2) is 24.8 Å². The normalized spacial score (nSPS) is 9.71. The SMILES string of the molecule is C=CC(=O)OCc1ccc(COC(=O)CC)[nH]1. The summed E-state index contributed by atoms with van der Waals surface area (Å²) in [5.41, 5.74) is 1.50. The lowest BCUT2D eigenvalue weighted by atomic mass is 10.4. The zero-order valence-electron chi connectivity index (χ0n) is 9.69. The average molecular weight is 237 g/mol. The smallest absolute Gasteiger partial charge is 0.330 e. The standard InChI is InChI=1S/C12H15NO4/c1-3-11(14)16-7-9-5-6-10(13-9)8-17-12(15)4-2/h3,5-6,13H,1,4,7-8H2,2H3. The van der Waals surface area contributed by atoms with Crippen molar-refractivity contribution in [1.29, 1.82) is 0 Å². The molecule has 0 saturated heterocycles. The number of hydrogen-bond donors (Lipinski definition) is 1. The number of aromatic nitrogens is 1. The van der Waals surface area contributed by atoms with Gasteiger partial charge < -0.3 is 14.5 Å². The van der Waals surface area contributed by atoms with Crippen molar-refractivity contribution < 1.29 is 19.1 Å². The van der Waals surface area contributed by atoms with Gasteiger partial charge in [-0.15, -0.1) is 0 Å². The maximum atomic E-state index is 10.9. The van der Waals surface area contributed by atoms with Crippen LogP contribution in [0.25, 0.3) is 0 Å². The lowest BCUT2D eigenvalue weighted by Gasteiger charge is -2.01. The van der Waals surface area contributed by atoms with Gasteiger partial charge in [0, 0.05) is 12.5 Å². The van der Waals surface area contributed by atoms with Gasteiger partial charge in [0.05, 0.1) is 11.4 Å². The highest BCUT2D eigenvalue weighted by Crippen LogP contribution is 2.05. The first kappa shape index (κ1) is 13.0. The van der Waals surface area contributed by atoms with Crippen LogP contribution in [-0.4, -0.2) is 16.9 Å². The molecule has 0 aliphatic heterocycles. The van der Waals surface area contributed by atoms with Crippen LogP contribution in [0.5, 0.6) is 0 Å². The van der Waals surface area contributed by atoms with Gasteiger partial charge in [0.25, 0.3) is 0 Å². The highest BCUT2D eigenvalue weighted by molar-refractivity contribution is 5.81. The molecular weight excluding hydrogens is 222 g/mol. The molecule has 0 fully saturated rings. The van der Waals surface area contributed by atoms with E-state index in [-0.39, 0.29) is 19.2 Å². The Morgan fingerprint density at radius 1 is 1.29 bits per heavy atom. The molecule has 0 saturated carbocycles. The molecule has 17 heavy (non-hydrogen) atoms. The van der Waals surface area contributed by atoms with E-state index in [4.69, 9.17) is 9.47 Å². The van der Waals surface area contributed by atoms with Crippen molar-refractivity contribution in [3.05, 3.63) is 36.2 Å². The minimum Gasteiger partial charge on any atom is -0.459 e. The molecule has 1 aromatic rings. The molecule has 92 valence electrons. The number of ether oxygens (including phenoxy) is 2. The second kappa shape index (κ2) is 6.52. The van der Waals surface area contributed by atoms with Crippen molar-refractivity contribution in [1.82, 2.24) is 4.98 Å². The molecule has 1 heterocycles. The lowest BCUT2D eigenvalue weighted by Crippen LogP contribution is -2.03. The Bertz CT molecular complexity index is 408. The van der Waals surface area contributed by atoms with E-state index in [1.807, 2.05) is 0 Å². The van der Waals surface area contributed by atoms with Gasteiger partial charge in [0.2, 0.25) is 0 Å². The summed E-state index contributed by atoms with van der Waals surface area (Å²) in [4.78, 5) is 24.7. The summed E-state index contributed by atoms with van der Waals surface area (Å²) in [5, 5.41) is 0. The predicted molar refractivity (Wildman–Crippen MR) is 60.9 cm³/mol. The van der Waals surface area contributed by atoms with E-state index >= 15 is 0 Å². The molecule has 0 amide bonds. The van der Waals surface area contributed by atoms with Crippen LogP contribution in [0.4, 0.5) is 0 Å². The third-order valence-corrected chi connectivity index (χ3v) is 2.02. The number of carbonyl (C=O) groups is 2. The van der Waals surface area contributed by atoms with Gasteiger partial charge in [-0.25, -0.2) is 4.79 Å². The summed E-state index contributed by atoms with van der Waals surface area (Å²) < 4.78 is 9.78. The summed E-state index contributed by atoms with van der Waals surface area (Å²) in [5.74, 6) is -0.724. The van der Waals surface area contributed by atoms with Gasteiger partial charge in [0.1, 0.15) is 13.2 Å². The number of H-pyrrole nitrogens is 1. The third-order valence-electron chi connectivity index (χ3n) is 2.02. The molecule has 0 aliphatic carbocycles. The molecule has 0 aliphatic rings. The van der Waals surface area contributed by atoms with Crippen LogP contribution in [0, 0.1) is 0 Å². The molecule has 0 unspecified atom stereocenters. The highest BCUT2D eigenvalue weighted by Gasteiger charge is 2.04. The second-order valence-electron chi connectivity index (χ2n) is 3.33. The largest absolute Gasteiger partial charge is 0.459 e. The second-order valence-corrected chi connectivity index (χ2v) is 3.33. The third kappa shape index (κ3) is 4.55. The number of hydrogen-bond acceptors (Lipinski definition) is 4. The van der Waals surface area contributed by atoms with E-state index in [9.17, 15) is 9.59 Å². The Balaban J connectivity index is 2.39. The van der Waals surface area contributed by atoms with E-state index in [2.05, 4.69) is 11.6 Å². The molecule has 0 aromatic carbocycles. The molecule has 1 aromatic heterocycles. The molecule has 5 heteroatoms. The maximum Gasteiger partial charge on any atom is 0.330 e. The Hall–Kier alpha value is -2.04. The number of esters is 2. The molecule has 1 N–H and O–H groups in total. The minimum absolute atomic E-state index is 0.145. The zero-order chi connectivity index (χ0) is 12.7. The van der Waals surface area contributed by atoms with Crippen molar-refractivity contribution in [3.8, 4) is 0 Å². The van der Waals surface area contributed by atoms with Crippen molar-refractivity contribution in [2.24, 2.45) is 0 Å². The molecule has 0 spiro atoms. The van der Waals surface area contributed by atoms with Crippen LogP contribution in [-0.2, 0) is 32.3 Å². The Labute approximate surface area is 99.4 Å². The first-order valence-corrected chi connectivity index (χ1v) is 5.27. The van der Waals surface area contributed by atoms with Gasteiger partial charge in [-0.3, -0.25) is 4.79 Å². The number of carbonyl (C=O) groups excluding carboxylic acids is 2. The predicted octanol–water partition coefficient (Wildman–Crippen LogP) is 1.70. The van der Waals surface area contributed by atoms with Crippen LogP contribution in [0.2, 0.25) is 0 Å². The fourth-order valence-corrected chi connectivity index (χ4v) is 1.13. The Morgan fingerprint density at radius 2 is 1.88 bits per heavy atom. The van der Waals surface area contributed by atoms with Crippen LogP contribution in [0.3, 0.4) is 0 Å². The monoisotopic (exact) mass is 237 g/mol. The summed E-state index contributed by atoms with van der Waals surface area (Å²) in [6.45, 7) is 5.37. The summed E-state index contributed by atoms with van der Waals surface area (Å²) >= 11 is 0. The van der Waals surface area contributed by atoms with Gasteiger partial charge in [-0.05, 0) is 12.1 Å². The first-order chi connectivity index (χ1) is 8.15. The molecule has 0 atom stereocenters. The van der Waals surface area contributed by atoms with Gasteiger partial charge in [-0.2, -0.15) is 0 Å². The first-order valence-electron chi connectivity index (χ1n) is 5.27. The van der Waals surface area contributed by atoms with Gasteiger partial charge in [0.15, 0.2) is 0 Å². The molecular formula is C12H15NO4. The quantitative estimate of drug-likeness (QED) is 0.604. The summed E-state index contributed by atoms with van der Waals surface area (Å²) in [6, 6.07) is 3.55. The van der Waals surface area contributed by atoms with Crippen molar-refractivity contribution in [2.75, 3.05) is 0 Å². The molecule has 1 rings (SSSR count). The summed E-state index contributed by atoms with van der Waals surface area (Å²) in [7, 11) is 0. The lowest BCUT2D eigenvalue weighted by molar-refractivity contribution is -0.144. The van der Waals surface area contributed by atoms with E-state index in [0.717, 1.165) is 17.5 Å². The minimum atomic E-state index is -0.474. The number of nitrogens with one attached hydrogen (secondary N) is 1. The van der Waals surface area contributed by atoms with E-state index in [1.54, 1.807) is 19.1 Å². The van der Waals surface area contributed by atoms with Crippen molar-refractivity contribution >= 4 is 11.9 Å². The number of rotatable bonds is 6. The van der Waals surface area contributed by atoms with Gasteiger partial charge in [-0.1, -0.05) is 13.5 Å². The van der Waals surface area contributed by atoms with Gasteiger partial charge >= 0.3 is 11.9 Å². The molecule has 5 nitrogen and oxygen atoms in total. The fraction of sp³-hybridized carbons (Fsp3) is 0.333. The maximum absolute atomic E-state index is 10.9. The van der Waals surface area contributed by atoms with Crippen LogP contribution in [0.1, 0.15) is 24.7 Å². The van der Waals surface area contributed by atoms with E-state index in [0.29, 0.717) is 6.42 Å².